The molecule has 25 heavy (non-hydrogen) atoms. The zero-order valence-corrected chi connectivity index (χ0v) is 14.6. The van der Waals surface area contributed by atoms with Crippen LogP contribution in [0.25, 0.3) is 0 Å². The zero-order valence-electron chi connectivity index (χ0n) is 14.6. The Morgan fingerprint density at radius 2 is 1.08 bits per heavy atom. The van der Waals surface area contributed by atoms with E-state index in [1.54, 1.807) is 26.4 Å². The van der Waals surface area contributed by atoms with E-state index < -0.39 is 0 Å². The third kappa shape index (κ3) is 5.00. The van der Waals surface area contributed by atoms with Crippen LogP contribution < -0.4 is 9.47 Å². The predicted octanol–water partition coefficient (Wildman–Crippen LogP) is 5.19. The van der Waals surface area contributed by atoms with E-state index >= 15 is 0 Å². The fourth-order valence-corrected chi connectivity index (χ4v) is 2.39. The first-order valence-corrected chi connectivity index (χ1v) is 7.87. The molecule has 2 unspecified atom stereocenters. The van der Waals surface area contributed by atoms with Crippen molar-refractivity contribution in [3.8, 4) is 11.5 Å². The van der Waals surface area contributed by atoms with Crippen LogP contribution >= 0.6 is 0 Å². The maximum Gasteiger partial charge on any atom is 0.118 e. The quantitative estimate of drug-likeness (QED) is 0.622. The maximum atomic E-state index is 6.25. The minimum Gasteiger partial charge on any atom is -0.497 e. The number of hydrogen-bond donors (Lipinski definition) is 0. The monoisotopic (exact) mass is 334 g/mol. The lowest BCUT2D eigenvalue weighted by molar-refractivity contribution is 0.0401. The van der Waals surface area contributed by atoms with Gasteiger partial charge in [-0.05, 0) is 47.5 Å². The lowest BCUT2D eigenvalue weighted by Gasteiger charge is -2.21. The molecule has 0 fully saturated rings. The van der Waals surface area contributed by atoms with Crippen molar-refractivity contribution in [3.63, 3.8) is 0 Å². The number of benzene rings is 2. The van der Waals surface area contributed by atoms with Crippen molar-refractivity contribution >= 4 is 0 Å². The Kier molecular flexibility index (Phi) is 6.88. The summed E-state index contributed by atoms with van der Waals surface area (Å²) in [7, 11) is 3.28. The Morgan fingerprint density at radius 3 is 1.36 bits per heavy atom. The minimum absolute atomic E-state index is 0.305. The summed E-state index contributed by atoms with van der Waals surface area (Å²) in [5, 5.41) is 0. The van der Waals surface area contributed by atoms with Crippen LogP contribution in [0.2, 0.25) is 0 Å². The Morgan fingerprint density at radius 1 is 0.720 bits per heavy atom. The van der Waals surface area contributed by atoms with Crippen molar-refractivity contribution in [1.29, 1.82) is 0 Å². The molecule has 2 atom stereocenters. The van der Waals surface area contributed by atoms with Crippen LogP contribution in [0.4, 0.5) is 0 Å². The smallest absolute Gasteiger partial charge is 0.118 e. The summed E-state index contributed by atoms with van der Waals surface area (Å²) < 4.78 is 16.7. The molecule has 0 spiro atoms. The van der Waals surface area contributed by atoms with E-state index in [9.17, 15) is 0 Å². The van der Waals surface area contributed by atoms with Crippen LogP contribution in [0, 0.1) is 0 Å². The predicted molar refractivity (Wildman–Crippen MR) is 100.0 cm³/mol. The molecule has 0 saturated carbocycles. The molecular weight excluding hydrogens is 312 g/mol. The summed E-state index contributed by atoms with van der Waals surface area (Å²) in [6.07, 6.45) is 2.96. The van der Waals surface area contributed by atoms with E-state index in [2.05, 4.69) is 24.6 Å². The van der Waals surface area contributed by atoms with Crippen molar-refractivity contribution in [3.05, 3.63) is 96.4 Å². The molecule has 0 aliphatic carbocycles. The minimum atomic E-state index is -0.305. The SMILES string of the molecule is C=C=CC(OC(C=C=C)c1ccc(OC)cc1)c1ccc(OC)cc1. The highest BCUT2D eigenvalue weighted by Crippen LogP contribution is 2.30. The van der Waals surface area contributed by atoms with Gasteiger partial charge in [-0.3, -0.25) is 0 Å². The van der Waals surface area contributed by atoms with Gasteiger partial charge in [-0.25, -0.2) is 0 Å². The second kappa shape index (κ2) is 9.36. The molecule has 0 amide bonds. The molecular formula is C22H22O3. The fourth-order valence-electron chi connectivity index (χ4n) is 2.39. The molecule has 0 radical (unpaired) electrons. The Hall–Kier alpha value is -2.96. The Balaban J connectivity index is 2.28. The lowest BCUT2D eigenvalue weighted by atomic mass is 10.1. The number of methoxy groups -OCH3 is 2. The second-order valence-corrected chi connectivity index (χ2v) is 5.27. The topological polar surface area (TPSA) is 27.7 Å². The molecule has 128 valence electrons. The van der Waals surface area contributed by atoms with E-state index in [0.717, 1.165) is 22.6 Å². The van der Waals surface area contributed by atoms with Gasteiger partial charge in [-0.2, -0.15) is 0 Å². The third-order valence-electron chi connectivity index (χ3n) is 3.72. The fraction of sp³-hybridized carbons (Fsp3) is 0.182. The van der Waals surface area contributed by atoms with Crippen molar-refractivity contribution in [2.24, 2.45) is 0 Å². The van der Waals surface area contributed by atoms with Crippen molar-refractivity contribution < 1.29 is 14.2 Å². The van der Waals surface area contributed by atoms with Gasteiger partial charge >= 0.3 is 0 Å². The largest absolute Gasteiger partial charge is 0.497 e. The Bertz CT molecular complexity index is 694. The van der Waals surface area contributed by atoms with E-state index in [0.29, 0.717) is 0 Å². The van der Waals surface area contributed by atoms with Gasteiger partial charge in [0.15, 0.2) is 0 Å². The molecule has 0 saturated heterocycles. The summed E-state index contributed by atoms with van der Waals surface area (Å²) >= 11 is 0. The summed E-state index contributed by atoms with van der Waals surface area (Å²) in [5.74, 6) is 1.59. The standard InChI is InChI=1S/C22H22O3/c1-5-7-21(17-9-13-19(23-3)14-10-17)25-22(8-6-2)18-11-15-20(24-4)16-12-18/h7-16,21-22H,1-2H2,3-4H3. The average Bonchev–Trinajstić information content (AvgIpc) is 2.67. The summed E-state index contributed by atoms with van der Waals surface area (Å²) in [5.41, 5.74) is 7.58. The molecule has 0 aliphatic rings. The molecule has 0 bridgehead atoms. The van der Waals surface area contributed by atoms with Crippen LogP contribution in [0.5, 0.6) is 11.5 Å². The molecule has 0 aromatic heterocycles. The first kappa shape index (κ1) is 18.4. The molecule has 3 nitrogen and oxygen atoms in total. The van der Waals surface area contributed by atoms with Gasteiger partial charge in [0.2, 0.25) is 0 Å². The van der Waals surface area contributed by atoms with Crippen LogP contribution in [-0.2, 0) is 4.74 Å². The van der Waals surface area contributed by atoms with Gasteiger partial charge in [0.1, 0.15) is 23.7 Å². The van der Waals surface area contributed by atoms with Crippen LogP contribution in [0.1, 0.15) is 23.3 Å². The normalized spacial score (nSPS) is 12.2. The molecule has 2 aromatic carbocycles. The maximum absolute atomic E-state index is 6.25. The summed E-state index contributed by atoms with van der Waals surface area (Å²) in [4.78, 5) is 0. The molecule has 2 aromatic rings. The molecule has 0 heterocycles. The van der Waals surface area contributed by atoms with Gasteiger partial charge in [-0.15, -0.1) is 11.5 Å². The second-order valence-electron chi connectivity index (χ2n) is 5.27. The Labute approximate surface area is 149 Å². The van der Waals surface area contributed by atoms with Crippen LogP contribution in [0.15, 0.2) is 85.3 Å². The average molecular weight is 334 g/mol. The number of hydrogen-bond acceptors (Lipinski definition) is 3. The highest BCUT2D eigenvalue weighted by atomic mass is 16.5. The van der Waals surface area contributed by atoms with Crippen molar-refractivity contribution in [1.82, 2.24) is 0 Å². The zero-order chi connectivity index (χ0) is 18.1. The van der Waals surface area contributed by atoms with E-state index in [1.807, 2.05) is 48.5 Å². The summed E-state index contributed by atoms with van der Waals surface area (Å²) in [6.45, 7) is 7.34. The first-order chi connectivity index (χ1) is 12.2. The highest BCUT2D eigenvalue weighted by molar-refractivity contribution is 5.32. The van der Waals surface area contributed by atoms with Gasteiger partial charge < -0.3 is 14.2 Å². The van der Waals surface area contributed by atoms with Crippen LogP contribution in [0.3, 0.4) is 0 Å². The van der Waals surface area contributed by atoms with Crippen LogP contribution in [-0.4, -0.2) is 14.2 Å². The van der Waals surface area contributed by atoms with E-state index in [1.165, 1.54) is 0 Å². The molecule has 3 heteroatoms. The van der Waals surface area contributed by atoms with Gasteiger partial charge in [-0.1, -0.05) is 37.4 Å². The third-order valence-corrected chi connectivity index (χ3v) is 3.72. The van der Waals surface area contributed by atoms with Crippen molar-refractivity contribution in [2.45, 2.75) is 12.2 Å². The molecule has 2 rings (SSSR count). The highest BCUT2D eigenvalue weighted by Gasteiger charge is 2.16. The molecule has 0 N–H and O–H groups in total. The number of rotatable bonds is 8. The van der Waals surface area contributed by atoms with Gasteiger partial charge in [0.25, 0.3) is 0 Å². The number of ether oxygens (including phenoxy) is 3. The summed E-state index contributed by atoms with van der Waals surface area (Å²) in [6, 6.07) is 15.4. The van der Waals surface area contributed by atoms with Crippen molar-refractivity contribution in [2.75, 3.05) is 14.2 Å². The van der Waals surface area contributed by atoms with E-state index in [4.69, 9.17) is 14.2 Å². The van der Waals surface area contributed by atoms with E-state index in [-0.39, 0.29) is 12.2 Å². The van der Waals surface area contributed by atoms with Gasteiger partial charge in [0.05, 0.1) is 14.2 Å². The lowest BCUT2D eigenvalue weighted by Crippen LogP contribution is -2.07. The first-order valence-electron chi connectivity index (χ1n) is 7.87. The van der Waals surface area contributed by atoms with Gasteiger partial charge in [0, 0.05) is 0 Å². The molecule has 0 aliphatic heterocycles.